The maximum absolute atomic E-state index is 12.2. The van der Waals surface area contributed by atoms with Crippen molar-refractivity contribution in [2.75, 3.05) is 19.4 Å². The Morgan fingerprint density at radius 1 is 1.50 bits per heavy atom. The maximum atomic E-state index is 12.2. The van der Waals surface area contributed by atoms with Crippen molar-refractivity contribution in [2.45, 2.75) is 44.6 Å². The molecule has 1 saturated carbocycles. The highest BCUT2D eigenvalue weighted by molar-refractivity contribution is 5.95. The molecule has 1 fully saturated rings. The Hall–Kier alpha value is -1.62. The van der Waals surface area contributed by atoms with Crippen LogP contribution in [-0.2, 0) is 11.2 Å². The Kier molecular flexibility index (Phi) is 4.60. The van der Waals surface area contributed by atoms with Gasteiger partial charge in [0.2, 0.25) is 0 Å². The van der Waals surface area contributed by atoms with Crippen LogP contribution in [-0.4, -0.2) is 30.1 Å². The van der Waals surface area contributed by atoms with Gasteiger partial charge >= 0.3 is 0 Å². The molecule has 5 heteroatoms. The van der Waals surface area contributed by atoms with Gasteiger partial charge in [-0.3, -0.25) is 4.79 Å². The molecule has 0 aliphatic heterocycles. The van der Waals surface area contributed by atoms with Gasteiger partial charge in [-0.1, -0.05) is 13.3 Å². The zero-order chi connectivity index (χ0) is 14.6. The molecule has 0 aromatic carbocycles. The number of aryl methyl sites for hydroxylation is 1. The van der Waals surface area contributed by atoms with Crippen molar-refractivity contribution in [1.29, 1.82) is 0 Å². The molecule has 0 spiro atoms. The van der Waals surface area contributed by atoms with E-state index >= 15 is 0 Å². The highest BCUT2D eigenvalue weighted by atomic mass is 16.5. The Labute approximate surface area is 119 Å². The number of carbonyl (C=O) groups is 1. The molecule has 110 valence electrons. The van der Waals surface area contributed by atoms with E-state index < -0.39 is 0 Å². The summed E-state index contributed by atoms with van der Waals surface area (Å²) in [4.78, 5) is 16.4. The minimum atomic E-state index is -0.166. The Morgan fingerprint density at radius 2 is 2.25 bits per heavy atom. The second-order valence-electron chi connectivity index (χ2n) is 5.45. The maximum Gasteiger partial charge on any atom is 0.251 e. The van der Waals surface area contributed by atoms with E-state index in [9.17, 15) is 4.79 Å². The molecule has 3 N–H and O–H groups in total. The van der Waals surface area contributed by atoms with Gasteiger partial charge in [-0.05, 0) is 37.8 Å². The van der Waals surface area contributed by atoms with Gasteiger partial charge in [0.15, 0.2) is 0 Å². The number of anilines is 1. The largest absolute Gasteiger partial charge is 0.384 e. The lowest BCUT2D eigenvalue weighted by molar-refractivity contribution is -0.0679. The van der Waals surface area contributed by atoms with Crippen molar-refractivity contribution in [3.63, 3.8) is 0 Å². The fourth-order valence-electron chi connectivity index (χ4n) is 2.49. The van der Waals surface area contributed by atoms with E-state index in [0.717, 1.165) is 37.8 Å². The van der Waals surface area contributed by atoms with Gasteiger partial charge in [-0.15, -0.1) is 0 Å². The number of nitrogens with two attached hydrogens (primary N) is 1. The number of amides is 1. The molecule has 5 nitrogen and oxygen atoms in total. The van der Waals surface area contributed by atoms with Crippen LogP contribution < -0.4 is 11.1 Å². The Morgan fingerprint density at radius 3 is 2.80 bits per heavy atom. The number of hydrogen-bond donors (Lipinski definition) is 2. The minimum Gasteiger partial charge on any atom is -0.384 e. The average Bonchev–Trinajstić information content (AvgIpc) is 2.37. The number of carbonyl (C=O) groups excluding carboxylic acids is 1. The standard InChI is InChI=1S/C15H23N3O2/c1-3-5-12-8-11(9-13(16)18-12)14(19)17-10-15(20-2)6-4-7-15/h8-9H,3-7,10H2,1-2H3,(H2,16,18)(H,17,19). The molecule has 1 aliphatic carbocycles. The number of aromatic nitrogens is 1. The van der Waals surface area contributed by atoms with E-state index in [2.05, 4.69) is 17.2 Å². The SMILES string of the molecule is CCCc1cc(C(=O)NCC2(OC)CCC2)cc(N)n1. The monoisotopic (exact) mass is 277 g/mol. The number of nitrogen functional groups attached to an aromatic ring is 1. The summed E-state index contributed by atoms with van der Waals surface area (Å²) in [6, 6.07) is 3.43. The van der Waals surface area contributed by atoms with E-state index in [1.165, 1.54) is 0 Å². The van der Waals surface area contributed by atoms with Crippen LogP contribution in [0.1, 0.15) is 48.7 Å². The van der Waals surface area contributed by atoms with E-state index in [1.807, 2.05) is 6.07 Å². The van der Waals surface area contributed by atoms with Crippen molar-refractivity contribution in [2.24, 2.45) is 0 Å². The zero-order valence-corrected chi connectivity index (χ0v) is 12.2. The van der Waals surface area contributed by atoms with Crippen LogP contribution in [0.2, 0.25) is 0 Å². The number of hydrogen-bond acceptors (Lipinski definition) is 4. The van der Waals surface area contributed by atoms with Gasteiger partial charge in [-0.2, -0.15) is 0 Å². The molecular formula is C15H23N3O2. The van der Waals surface area contributed by atoms with Gasteiger partial charge in [0.25, 0.3) is 5.91 Å². The number of ether oxygens (including phenoxy) is 1. The number of nitrogens with zero attached hydrogens (tertiary/aromatic N) is 1. The third-order valence-corrected chi connectivity index (χ3v) is 3.94. The van der Waals surface area contributed by atoms with Gasteiger partial charge in [0, 0.05) is 24.9 Å². The zero-order valence-electron chi connectivity index (χ0n) is 12.2. The summed E-state index contributed by atoms with van der Waals surface area (Å²) in [6.07, 6.45) is 4.97. The van der Waals surface area contributed by atoms with Crippen LogP contribution >= 0.6 is 0 Å². The lowest BCUT2D eigenvalue weighted by atomic mass is 9.80. The van der Waals surface area contributed by atoms with Crippen LogP contribution in [0.15, 0.2) is 12.1 Å². The fraction of sp³-hybridized carbons (Fsp3) is 0.600. The van der Waals surface area contributed by atoms with Gasteiger partial charge < -0.3 is 15.8 Å². The van der Waals surface area contributed by atoms with Crippen LogP contribution in [0.5, 0.6) is 0 Å². The second kappa shape index (κ2) is 6.22. The molecular weight excluding hydrogens is 254 g/mol. The summed E-state index contributed by atoms with van der Waals surface area (Å²) >= 11 is 0. The molecule has 1 heterocycles. The van der Waals surface area contributed by atoms with Crippen LogP contribution in [0, 0.1) is 0 Å². The quantitative estimate of drug-likeness (QED) is 0.832. The highest BCUT2D eigenvalue weighted by Crippen LogP contribution is 2.34. The smallest absolute Gasteiger partial charge is 0.251 e. The molecule has 2 rings (SSSR count). The fourth-order valence-corrected chi connectivity index (χ4v) is 2.49. The van der Waals surface area contributed by atoms with Crippen molar-refractivity contribution in [1.82, 2.24) is 10.3 Å². The van der Waals surface area contributed by atoms with Gasteiger partial charge in [0.1, 0.15) is 5.82 Å². The summed E-state index contributed by atoms with van der Waals surface area (Å²) in [6.45, 7) is 2.62. The van der Waals surface area contributed by atoms with E-state index in [0.29, 0.717) is 17.9 Å². The first-order chi connectivity index (χ1) is 9.58. The lowest BCUT2D eigenvalue weighted by Gasteiger charge is -2.40. The molecule has 1 aromatic rings. The Bertz CT molecular complexity index is 478. The molecule has 0 bridgehead atoms. The first-order valence-electron chi connectivity index (χ1n) is 7.18. The summed E-state index contributed by atoms with van der Waals surface area (Å²) in [7, 11) is 1.70. The highest BCUT2D eigenvalue weighted by Gasteiger charge is 2.37. The van der Waals surface area contributed by atoms with Crippen LogP contribution in [0.25, 0.3) is 0 Å². The van der Waals surface area contributed by atoms with Gasteiger partial charge in [0.05, 0.1) is 5.60 Å². The van der Waals surface area contributed by atoms with Gasteiger partial charge in [-0.25, -0.2) is 4.98 Å². The molecule has 1 aliphatic rings. The first kappa shape index (κ1) is 14.8. The Balaban J connectivity index is 2.01. The third-order valence-electron chi connectivity index (χ3n) is 3.94. The average molecular weight is 277 g/mol. The summed E-state index contributed by atoms with van der Waals surface area (Å²) in [5.74, 6) is 0.283. The van der Waals surface area contributed by atoms with Crippen LogP contribution in [0.4, 0.5) is 5.82 Å². The summed E-state index contributed by atoms with van der Waals surface area (Å²) in [5, 5.41) is 2.94. The molecule has 20 heavy (non-hydrogen) atoms. The molecule has 0 unspecified atom stereocenters. The third kappa shape index (κ3) is 3.28. The lowest BCUT2D eigenvalue weighted by Crippen LogP contribution is -2.49. The first-order valence-corrected chi connectivity index (χ1v) is 7.18. The molecule has 0 saturated heterocycles. The number of nitrogens with one attached hydrogen (secondary N) is 1. The second-order valence-corrected chi connectivity index (χ2v) is 5.45. The minimum absolute atomic E-state index is 0.111. The van der Waals surface area contributed by atoms with Crippen molar-refractivity contribution >= 4 is 11.7 Å². The topological polar surface area (TPSA) is 77.2 Å². The van der Waals surface area contributed by atoms with Crippen molar-refractivity contribution < 1.29 is 9.53 Å². The number of methoxy groups -OCH3 is 1. The van der Waals surface area contributed by atoms with E-state index in [4.69, 9.17) is 10.5 Å². The predicted octanol–water partition coefficient (Wildman–Crippen LogP) is 1.92. The van der Waals surface area contributed by atoms with Crippen molar-refractivity contribution in [3.8, 4) is 0 Å². The van der Waals surface area contributed by atoms with E-state index in [-0.39, 0.29) is 11.5 Å². The number of pyridine rings is 1. The van der Waals surface area contributed by atoms with E-state index in [1.54, 1.807) is 13.2 Å². The normalized spacial score (nSPS) is 16.5. The molecule has 1 aromatic heterocycles. The summed E-state index contributed by atoms with van der Waals surface area (Å²) < 4.78 is 5.49. The molecule has 0 atom stereocenters. The van der Waals surface area contributed by atoms with Crippen LogP contribution in [0.3, 0.4) is 0 Å². The molecule has 0 radical (unpaired) electrons. The number of rotatable bonds is 6. The molecule has 1 amide bonds. The van der Waals surface area contributed by atoms with Crippen molar-refractivity contribution in [3.05, 3.63) is 23.4 Å². The predicted molar refractivity (Wildman–Crippen MR) is 78.6 cm³/mol. The summed E-state index contributed by atoms with van der Waals surface area (Å²) in [5.41, 5.74) is 7.03.